The zero-order valence-electron chi connectivity index (χ0n) is 11.3. The molecular weight excluding hydrogens is 240 g/mol. The number of halogens is 1. The van der Waals surface area contributed by atoms with Crippen LogP contribution in [0, 0.1) is 19.9 Å². The first kappa shape index (κ1) is 13.2. The molecule has 1 heteroatoms. The van der Waals surface area contributed by atoms with Crippen molar-refractivity contribution in [3.05, 3.63) is 58.1 Å². The van der Waals surface area contributed by atoms with Crippen LogP contribution in [-0.4, -0.2) is 0 Å². The van der Waals surface area contributed by atoms with Crippen LogP contribution in [-0.2, 0) is 0 Å². The molecule has 0 saturated carbocycles. The van der Waals surface area contributed by atoms with Crippen LogP contribution in [0.5, 0.6) is 0 Å². The van der Waals surface area contributed by atoms with Gasteiger partial charge in [0, 0.05) is 10.6 Å². The first-order valence-corrected chi connectivity index (χ1v) is 6.65. The second-order valence-electron chi connectivity index (χ2n) is 5.12. The molecule has 18 heavy (non-hydrogen) atoms. The summed E-state index contributed by atoms with van der Waals surface area (Å²) >= 11 is 6.35. The minimum atomic E-state index is 0.466. The lowest BCUT2D eigenvalue weighted by molar-refractivity contribution is 0.868. The molecule has 0 unspecified atom stereocenters. The molecule has 0 atom stereocenters. The van der Waals surface area contributed by atoms with Crippen LogP contribution in [0.1, 0.15) is 36.5 Å². The average Bonchev–Trinajstić information content (AvgIpc) is 2.31. The second-order valence-corrected chi connectivity index (χ2v) is 5.53. The Morgan fingerprint density at radius 1 is 1.06 bits per heavy atom. The van der Waals surface area contributed by atoms with Crippen molar-refractivity contribution in [1.29, 1.82) is 0 Å². The second kappa shape index (κ2) is 5.16. The van der Waals surface area contributed by atoms with Gasteiger partial charge in [-0.1, -0.05) is 49.2 Å². The predicted molar refractivity (Wildman–Crippen MR) is 79.3 cm³/mol. The number of hydrogen-bond acceptors (Lipinski definition) is 0. The fraction of sp³-hybridized carbons (Fsp3) is 0.294. The van der Waals surface area contributed by atoms with E-state index in [1.54, 1.807) is 0 Å². The van der Waals surface area contributed by atoms with Gasteiger partial charge >= 0.3 is 0 Å². The maximum Gasteiger partial charge on any atom is 0.0484 e. The fourth-order valence-electron chi connectivity index (χ4n) is 2.17. The molecule has 0 amide bonds. The Bertz CT molecular complexity index is 568. The van der Waals surface area contributed by atoms with E-state index in [-0.39, 0.29) is 0 Å². The van der Waals surface area contributed by atoms with E-state index >= 15 is 0 Å². The van der Waals surface area contributed by atoms with Crippen molar-refractivity contribution in [1.82, 2.24) is 0 Å². The summed E-state index contributed by atoms with van der Waals surface area (Å²) in [6.45, 7) is 8.56. The molecule has 0 aliphatic carbocycles. The summed E-state index contributed by atoms with van der Waals surface area (Å²) in [5.74, 6) is 0.466. The molecule has 0 N–H and O–H groups in total. The summed E-state index contributed by atoms with van der Waals surface area (Å²) in [6.07, 6.45) is 0. The first-order valence-electron chi connectivity index (χ1n) is 6.28. The Morgan fingerprint density at radius 2 is 1.78 bits per heavy atom. The maximum atomic E-state index is 6.35. The van der Waals surface area contributed by atoms with Crippen LogP contribution in [0.4, 0.5) is 0 Å². The van der Waals surface area contributed by atoms with Gasteiger partial charge in [0.15, 0.2) is 0 Å². The van der Waals surface area contributed by atoms with Gasteiger partial charge in [-0.15, -0.1) is 0 Å². The molecule has 93 valence electrons. The third-order valence-corrected chi connectivity index (χ3v) is 3.49. The molecule has 0 nitrogen and oxygen atoms in total. The van der Waals surface area contributed by atoms with E-state index in [9.17, 15) is 0 Å². The summed E-state index contributed by atoms with van der Waals surface area (Å²) in [6, 6.07) is 13.7. The lowest BCUT2D eigenvalue weighted by Gasteiger charge is -2.15. The summed E-state index contributed by atoms with van der Waals surface area (Å²) in [5.41, 5.74) is 6.03. The third-order valence-electron chi connectivity index (χ3n) is 3.16. The van der Waals surface area contributed by atoms with E-state index in [4.69, 9.17) is 11.6 Å². The molecule has 2 aromatic rings. The van der Waals surface area contributed by atoms with Crippen LogP contribution < -0.4 is 0 Å². The lowest BCUT2D eigenvalue weighted by Crippen LogP contribution is -1.94. The van der Waals surface area contributed by atoms with E-state index in [0.717, 1.165) is 16.1 Å². The Morgan fingerprint density at radius 3 is 2.44 bits per heavy atom. The van der Waals surface area contributed by atoms with E-state index in [0.29, 0.717) is 5.92 Å². The van der Waals surface area contributed by atoms with Crippen molar-refractivity contribution in [3.63, 3.8) is 0 Å². The molecule has 0 aromatic heterocycles. The quantitative estimate of drug-likeness (QED) is 0.662. The van der Waals surface area contributed by atoms with Gasteiger partial charge in [-0.25, -0.2) is 0 Å². The molecule has 0 fully saturated rings. The van der Waals surface area contributed by atoms with Crippen molar-refractivity contribution >= 4 is 11.6 Å². The molecule has 0 bridgehead atoms. The van der Waals surface area contributed by atoms with Crippen LogP contribution in [0.3, 0.4) is 0 Å². The smallest absolute Gasteiger partial charge is 0.0484 e. The SMILES string of the molecule is Cc1[c]cc(C(C)C)c(-c2cc(C)ccc2Cl)c1. The van der Waals surface area contributed by atoms with Crippen LogP contribution in [0.15, 0.2) is 30.3 Å². The molecule has 0 saturated heterocycles. The molecule has 1 radical (unpaired) electrons. The monoisotopic (exact) mass is 257 g/mol. The van der Waals surface area contributed by atoms with Gasteiger partial charge in [-0.05, 0) is 54.7 Å². The number of rotatable bonds is 2. The highest BCUT2D eigenvalue weighted by Gasteiger charge is 2.11. The standard InChI is InChI=1S/C17H18Cl/c1-11(2)14-7-5-12(3)9-15(14)16-10-13(4)6-8-17(16)18/h6-11H,1-4H3. The number of aryl methyl sites for hydroxylation is 2. The van der Waals surface area contributed by atoms with Gasteiger partial charge in [0.05, 0.1) is 0 Å². The van der Waals surface area contributed by atoms with Crippen molar-refractivity contribution in [3.8, 4) is 11.1 Å². The van der Waals surface area contributed by atoms with Gasteiger partial charge in [0.2, 0.25) is 0 Å². The van der Waals surface area contributed by atoms with Crippen molar-refractivity contribution in [2.45, 2.75) is 33.6 Å². The minimum absolute atomic E-state index is 0.466. The van der Waals surface area contributed by atoms with Crippen molar-refractivity contribution in [2.75, 3.05) is 0 Å². The van der Waals surface area contributed by atoms with Gasteiger partial charge in [0.1, 0.15) is 0 Å². The molecule has 2 rings (SSSR count). The molecule has 0 heterocycles. The predicted octanol–water partition coefficient (Wildman–Crippen LogP) is 5.55. The largest absolute Gasteiger partial charge is 0.0837 e. The first-order chi connectivity index (χ1) is 8.49. The minimum Gasteiger partial charge on any atom is -0.0837 e. The van der Waals surface area contributed by atoms with E-state index in [1.807, 2.05) is 12.1 Å². The van der Waals surface area contributed by atoms with Gasteiger partial charge in [0.25, 0.3) is 0 Å². The highest BCUT2D eigenvalue weighted by molar-refractivity contribution is 6.33. The third kappa shape index (κ3) is 2.59. The molecule has 0 aliphatic heterocycles. The number of hydrogen-bond donors (Lipinski definition) is 0. The molecular formula is C17H18Cl. The van der Waals surface area contributed by atoms with Crippen LogP contribution >= 0.6 is 11.6 Å². The zero-order valence-corrected chi connectivity index (χ0v) is 12.1. The summed E-state index contributed by atoms with van der Waals surface area (Å²) < 4.78 is 0. The van der Waals surface area contributed by atoms with Gasteiger partial charge in [-0.2, -0.15) is 0 Å². The normalized spacial score (nSPS) is 11.0. The topological polar surface area (TPSA) is 0 Å². The number of benzene rings is 2. The fourth-order valence-corrected chi connectivity index (χ4v) is 2.39. The average molecular weight is 258 g/mol. The van der Waals surface area contributed by atoms with Gasteiger partial charge < -0.3 is 0 Å². The molecule has 0 aliphatic rings. The van der Waals surface area contributed by atoms with Crippen molar-refractivity contribution in [2.24, 2.45) is 0 Å². The lowest BCUT2D eigenvalue weighted by atomic mass is 9.90. The van der Waals surface area contributed by atoms with E-state index < -0.39 is 0 Å². The summed E-state index contributed by atoms with van der Waals surface area (Å²) in [4.78, 5) is 0. The van der Waals surface area contributed by atoms with E-state index in [2.05, 4.69) is 52.0 Å². The zero-order chi connectivity index (χ0) is 13.3. The Hall–Kier alpha value is -1.27. The van der Waals surface area contributed by atoms with Gasteiger partial charge in [-0.3, -0.25) is 0 Å². The van der Waals surface area contributed by atoms with E-state index in [1.165, 1.54) is 16.7 Å². The summed E-state index contributed by atoms with van der Waals surface area (Å²) in [7, 11) is 0. The Labute approximate surface area is 115 Å². The molecule has 2 aromatic carbocycles. The highest BCUT2D eigenvalue weighted by Crippen LogP contribution is 2.35. The summed E-state index contributed by atoms with van der Waals surface area (Å²) in [5, 5.41) is 0.813. The Balaban J connectivity index is 2.69. The highest BCUT2D eigenvalue weighted by atomic mass is 35.5. The van der Waals surface area contributed by atoms with Crippen molar-refractivity contribution < 1.29 is 0 Å². The van der Waals surface area contributed by atoms with Crippen LogP contribution in [0.2, 0.25) is 5.02 Å². The Kier molecular flexibility index (Phi) is 3.77. The maximum absolute atomic E-state index is 6.35. The molecule has 0 spiro atoms. The van der Waals surface area contributed by atoms with Crippen LogP contribution in [0.25, 0.3) is 11.1 Å².